The fourth-order valence-electron chi connectivity index (χ4n) is 9.55. The number of pyridine rings is 2. The van der Waals surface area contributed by atoms with Crippen molar-refractivity contribution in [3.63, 3.8) is 0 Å². The Kier molecular flexibility index (Phi) is 9.20. The van der Waals surface area contributed by atoms with Gasteiger partial charge in [-0.1, -0.05) is 55.0 Å². The zero-order chi connectivity index (χ0) is 37.4. The highest BCUT2D eigenvalue weighted by Gasteiger charge is 2.57. The van der Waals surface area contributed by atoms with Crippen molar-refractivity contribution in [2.24, 2.45) is 11.3 Å². The molecule has 284 valence electrons. The molecule has 0 bridgehead atoms. The van der Waals surface area contributed by atoms with Gasteiger partial charge in [0, 0.05) is 42.6 Å². The fraction of sp³-hybridized carbons (Fsp3) is 0.537. The van der Waals surface area contributed by atoms with E-state index in [1.165, 1.54) is 25.5 Å². The van der Waals surface area contributed by atoms with Gasteiger partial charge in [-0.25, -0.2) is 14.4 Å². The summed E-state index contributed by atoms with van der Waals surface area (Å²) < 4.78 is 22.5. The first kappa shape index (κ1) is 36.0. The number of nitrogens with one attached hydrogen (secondary N) is 1. The number of carbonyl (C=O) groups is 2. The standard InChI is InChI=1S/C41H48FIN8O3/c1-25(2)41(22-54-23-41)38(52)49-15-10-40(11-16-49)30-8-7-27(17-35(30)51(39(40)53)29-18-28(19-29)48-13-5-4-6-14-48)33-20-34-36(50(24-45-34)26(3)43)37(47-33)46-32-9-12-44-21-31(32)42/h7-9,12,17,20-21,24-26,28-29H,4-6,10-11,13-16,18-19,22-23H2,1-3H3,(H,44,46,47). The van der Waals surface area contributed by atoms with E-state index in [1.807, 2.05) is 15.5 Å². The zero-order valence-electron chi connectivity index (χ0n) is 31.2. The molecule has 3 aromatic heterocycles. The van der Waals surface area contributed by atoms with Crippen molar-refractivity contribution in [2.75, 3.05) is 49.6 Å². The molecule has 7 heterocycles. The Labute approximate surface area is 329 Å². The number of fused-ring (bicyclic) bond motifs is 3. The normalized spacial score (nSPS) is 24.1. The van der Waals surface area contributed by atoms with Crippen LogP contribution in [0.4, 0.5) is 21.6 Å². The van der Waals surface area contributed by atoms with Gasteiger partial charge in [-0.2, -0.15) is 0 Å². The van der Waals surface area contributed by atoms with E-state index in [0.29, 0.717) is 56.7 Å². The molecule has 11 nitrogen and oxygen atoms in total. The smallest absolute Gasteiger partial charge is 0.238 e. The number of anilines is 3. The summed E-state index contributed by atoms with van der Waals surface area (Å²) in [5.74, 6) is 0.546. The van der Waals surface area contributed by atoms with Crippen LogP contribution in [0.15, 0.2) is 49.1 Å². The molecule has 1 atom stereocenters. The first-order chi connectivity index (χ1) is 26.1. The number of alkyl halides is 1. The van der Waals surface area contributed by atoms with Crippen molar-refractivity contribution in [1.82, 2.24) is 29.3 Å². The molecular formula is C41H48FIN8O3. The van der Waals surface area contributed by atoms with Gasteiger partial charge >= 0.3 is 0 Å². The van der Waals surface area contributed by atoms with Crippen LogP contribution in [0.5, 0.6) is 0 Å². The molecule has 1 N–H and O–H groups in total. The number of halogens is 2. The number of nitrogens with zero attached hydrogens (tertiary/aromatic N) is 7. The number of aromatic nitrogens is 4. The van der Waals surface area contributed by atoms with Gasteiger partial charge < -0.3 is 29.3 Å². The topological polar surface area (TPSA) is 109 Å². The number of ether oxygens (including phenoxy) is 1. The molecule has 2 amide bonds. The van der Waals surface area contributed by atoms with Crippen LogP contribution in [0, 0.1) is 17.2 Å². The van der Waals surface area contributed by atoms with Crippen LogP contribution in [-0.2, 0) is 19.7 Å². The molecule has 0 radical (unpaired) electrons. The minimum atomic E-state index is -0.680. The van der Waals surface area contributed by atoms with E-state index >= 15 is 0 Å². The van der Waals surface area contributed by atoms with Gasteiger partial charge in [-0.05, 0) is 88.2 Å². The quantitative estimate of drug-likeness (QED) is 0.146. The molecule has 13 heteroatoms. The lowest BCUT2D eigenvalue weighted by molar-refractivity contribution is -0.184. The Morgan fingerprint density at radius 3 is 2.44 bits per heavy atom. The third kappa shape index (κ3) is 5.74. The van der Waals surface area contributed by atoms with Crippen LogP contribution in [-0.4, -0.2) is 92.6 Å². The van der Waals surface area contributed by atoms with E-state index in [0.717, 1.165) is 53.8 Å². The highest BCUT2D eigenvalue weighted by molar-refractivity contribution is 14.1. The van der Waals surface area contributed by atoms with E-state index in [-0.39, 0.29) is 33.5 Å². The van der Waals surface area contributed by atoms with Crippen molar-refractivity contribution in [2.45, 2.75) is 87.3 Å². The minimum Gasteiger partial charge on any atom is -0.379 e. The summed E-state index contributed by atoms with van der Waals surface area (Å²) in [7, 11) is 0. The fourth-order valence-corrected chi connectivity index (χ4v) is 9.97. The lowest BCUT2D eigenvalue weighted by atomic mass is 9.71. The van der Waals surface area contributed by atoms with Gasteiger partial charge in [0.1, 0.15) is 5.52 Å². The second-order valence-electron chi connectivity index (χ2n) is 16.4. The highest BCUT2D eigenvalue weighted by atomic mass is 127. The largest absolute Gasteiger partial charge is 0.379 e. The van der Waals surface area contributed by atoms with Gasteiger partial charge in [-0.3, -0.25) is 14.6 Å². The summed E-state index contributed by atoms with van der Waals surface area (Å²) in [6, 6.07) is 10.5. The molecule has 4 fully saturated rings. The average Bonchev–Trinajstić information content (AvgIpc) is 3.66. The number of carbonyl (C=O) groups excluding carboxylic acids is 2. The molecule has 1 aromatic carbocycles. The SMILES string of the molecule is CC(I)n1cnc2cc(-c3ccc4c(c3)N(C3CC(N5CCCCC5)C3)C(=O)C43CCN(C(=O)C4(C(C)C)COC4)CC3)nc(Nc3ccncc3F)c21. The zero-order valence-corrected chi connectivity index (χ0v) is 33.4. The molecule has 1 saturated carbocycles. The van der Waals surface area contributed by atoms with Gasteiger partial charge in [-0.15, -0.1) is 0 Å². The van der Waals surface area contributed by atoms with Gasteiger partial charge in [0.25, 0.3) is 0 Å². The third-order valence-corrected chi connectivity index (χ3v) is 13.8. The predicted molar refractivity (Wildman–Crippen MR) is 214 cm³/mol. The molecule has 54 heavy (non-hydrogen) atoms. The second-order valence-corrected chi connectivity index (χ2v) is 18.2. The molecule has 3 saturated heterocycles. The number of benzene rings is 1. The number of amides is 2. The molecular weight excluding hydrogens is 798 g/mol. The van der Waals surface area contributed by atoms with E-state index in [9.17, 15) is 14.0 Å². The third-order valence-electron chi connectivity index (χ3n) is 13.2. The van der Waals surface area contributed by atoms with Crippen LogP contribution in [0.1, 0.15) is 75.3 Å². The van der Waals surface area contributed by atoms with Crippen LogP contribution >= 0.6 is 22.6 Å². The van der Waals surface area contributed by atoms with Crippen LogP contribution in [0.25, 0.3) is 22.3 Å². The average molecular weight is 847 g/mol. The van der Waals surface area contributed by atoms with Gasteiger partial charge in [0.15, 0.2) is 11.6 Å². The molecule has 9 rings (SSSR count). The molecule has 1 spiro atoms. The minimum absolute atomic E-state index is 0.0785. The van der Waals surface area contributed by atoms with Crippen LogP contribution in [0.2, 0.25) is 0 Å². The van der Waals surface area contributed by atoms with Gasteiger partial charge in [0.2, 0.25) is 11.8 Å². The van der Waals surface area contributed by atoms with E-state index in [4.69, 9.17) is 14.7 Å². The van der Waals surface area contributed by atoms with Crippen molar-refractivity contribution < 1.29 is 18.7 Å². The van der Waals surface area contributed by atoms with E-state index < -0.39 is 16.6 Å². The van der Waals surface area contributed by atoms with Crippen LogP contribution in [0.3, 0.4) is 0 Å². The first-order valence-corrected chi connectivity index (χ1v) is 20.8. The summed E-state index contributed by atoms with van der Waals surface area (Å²) in [4.78, 5) is 49.4. The Morgan fingerprint density at radius 1 is 1.02 bits per heavy atom. The molecule has 4 aliphatic heterocycles. The molecule has 1 unspecified atom stereocenters. The van der Waals surface area contributed by atoms with Crippen LogP contribution < -0.4 is 10.2 Å². The summed E-state index contributed by atoms with van der Waals surface area (Å²) in [5, 5.41) is 3.23. The van der Waals surface area contributed by atoms with Crippen molar-refractivity contribution in [1.29, 1.82) is 0 Å². The Morgan fingerprint density at radius 2 is 1.78 bits per heavy atom. The molecule has 4 aromatic rings. The number of hydrogen-bond acceptors (Lipinski definition) is 8. The van der Waals surface area contributed by atoms with Crippen molar-refractivity contribution >= 4 is 62.6 Å². The molecule has 1 aliphatic carbocycles. The monoisotopic (exact) mass is 846 g/mol. The Hall–Kier alpha value is -3.69. The number of piperidine rings is 2. The number of rotatable bonds is 8. The maximum absolute atomic E-state index is 15.0. The second kappa shape index (κ2) is 13.8. The maximum Gasteiger partial charge on any atom is 0.238 e. The van der Waals surface area contributed by atoms with Crippen molar-refractivity contribution in [3.05, 3.63) is 60.4 Å². The van der Waals surface area contributed by atoms with Gasteiger partial charge in [0.05, 0.1) is 57.5 Å². The van der Waals surface area contributed by atoms with Crippen molar-refractivity contribution in [3.8, 4) is 11.3 Å². The number of hydrogen-bond donors (Lipinski definition) is 1. The number of imidazole rings is 1. The maximum atomic E-state index is 15.0. The lowest BCUT2D eigenvalue weighted by Gasteiger charge is -2.49. The summed E-state index contributed by atoms with van der Waals surface area (Å²) in [6.45, 7) is 10.6. The first-order valence-electron chi connectivity index (χ1n) is 19.6. The number of likely N-dealkylation sites (tertiary alicyclic amines) is 2. The summed E-state index contributed by atoms with van der Waals surface area (Å²) >= 11 is 2.33. The highest BCUT2D eigenvalue weighted by Crippen LogP contribution is 2.53. The van der Waals surface area contributed by atoms with E-state index in [1.54, 1.807) is 18.6 Å². The Balaban J connectivity index is 1.08. The summed E-state index contributed by atoms with van der Waals surface area (Å²) in [5.41, 5.74) is 4.20. The molecule has 5 aliphatic rings. The lowest BCUT2D eigenvalue weighted by Crippen LogP contribution is -2.61. The Bertz CT molecular complexity index is 2100. The predicted octanol–water partition coefficient (Wildman–Crippen LogP) is 7.23. The summed E-state index contributed by atoms with van der Waals surface area (Å²) in [6.07, 6.45) is 11.4. The van der Waals surface area contributed by atoms with E-state index in [2.05, 4.69) is 81.7 Å².